The molecule has 1 N–H and O–H groups in total. The van der Waals surface area contributed by atoms with Gasteiger partial charge in [-0.3, -0.25) is 4.31 Å². The highest BCUT2D eigenvalue weighted by atomic mass is 32.2. The van der Waals surface area contributed by atoms with E-state index in [2.05, 4.69) is 9.88 Å². The molecular formula is C22H23F2N3O2S. The standard InChI is InChI=1S/C22H23F2N3O2S/c1-14-11-16(26(2)30(3,28)29)7-8-21(14)27-10-9-19-15(13-27)12-20(25-19)22-17(23)5-4-6-18(22)24/h4-8,11-12,25H,9-10,13H2,1-3H3. The molecule has 1 aliphatic heterocycles. The van der Waals surface area contributed by atoms with Crippen molar-refractivity contribution in [2.75, 3.05) is 29.1 Å². The highest BCUT2D eigenvalue weighted by Gasteiger charge is 2.23. The van der Waals surface area contributed by atoms with Crippen LogP contribution in [-0.4, -0.2) is 33.2 Å². The number of aromatic amines is 1. The molecule has 0 saturated carbocycles. The summed E-state index contributed by atoms with van der Waals surface area (Å²) in [6.07, 6.45) is 1.89. The van der Waals surface area contributed by atoms with E-state index in [0.717, 1.165) is 35.5 Å². The monoisotopic (exact) mass is 431 g/mol. The summed E-state index contributed by atoms with van der Waals surface area (Å²) >= 11 is 0. The molecule has 0 unspecified atom stereocenters. The molecular weight excluding hydrogens is 408 g/mol. The van der Waals surface area contributed by atoms with Crippen LogP contribution < -0.4 is 9.21 Å². The maximum Gasteiger partial charge on any atom is 0.231 e. The number of halogens is 2. The molecule has 0 bridgehead atoms. The fourth-order valence-corrected chi connectivity index (χ4v) is 4.41. The van der Waals surface area contributed by atoms with Gasteiger partial charge in [0.2, 0.25) is 10.0 Å². The van der Waals surface area contributed by atoms with Gasteiger partial charge in [0.05, 0.1) is 23.2 Å². The van der Waals surface area contributed by atoms with Crippen LogP contribution in [0.5, 0.6) is 0 Å². The number of H-pyrrole nitrogens is 1. The lowest BCUT2D eigenvalue weighted by atomic mass is 10.0. The van der Waals surface area contributed by atoms with Gasteiger partial charge in [-0.25, -0.2) is 17.2 Å². The van der Waals surface area contributed by atoms with Crippen LogP contribution in [0.2, 0.25) is 0 Å². The molecule has 30 heavy (non-hydrogen) atoms. The fraction of sp³-hybridized carbons (Fsp3) is 0.273. The zero-order chi connectivity index (χ0) is 21.6. The molecule has 0 spiro atoms. The molecule has 2 aromatic carbocycles. The van der Waals surface area contributed by atoms with Gasteiger partial charge in [-0.2, -0.15) is 0 Å². The highest BCUT2D eigenvalue weighted by molar-refractivity contribution is 7.92. The minimum Gasteiger partial charge on any atom is -0.367 e. The molecule has 0 saturated heterocycles. The van der Waals surface area contributed by atoms with Crippen LogP contribution in [0.3, 0.4) is 0 Å². The first-order chi connectivity index (χ1) is 14.1. The van der Waals surface area contributed by atoms with Crippen molar-refractivity contribution in [3.8, 4) is 11.3 Å². The van der Waals surface area contributed by atoms with Gasteiger partial charge < -0.3 is 9.88 Å². The molecule has 4 rings (SSSR count). The van der Waals surface area contributed by atoms with Crippen molar-refractivity contribution in [2.24, 2.45) is 0 Å². The quantitative estimate of drug-likeness (QED) is 0.673. The van der Waals surface area contributed by atoms with Crippen molar-refractivity contribution in [3.05, 3.63) is 70.9 Å². The lowest BCUT2D eigenvalue weighted by Crippen LogP contribution is -2.30. The minimum absolute atomic E-state index is 0.0391. The maximum absolute atomic E-state index is 14.2. The zero-order valence-electron chi connectivity index (χ0n) is 17.0. The molecule has 0 amide bonds. The average Bonchev–Trinajstić information content (AvgIpc) is 3.09. The number of anilines is 2. The topological polar surface area (TPSA) is 56.4 Å². The Hall–Kier alpha value is -2.87. The Balaban J connectivity index is 1.62. The largest absolute Gasteiger partial charge is 0.367 e. The summed E-state index contributed by atoms with van der Waals surface area (Å²) in [6.45, 7) is 3.29. The average molecular weight is 432 g/mol. The van der Waals surface area contributed by atoms with Crippen LogP contribution >= 0.6 is 0 Å². The summed E-state index contributed by atoms with van der Waals surface area (Å²) in [5, 5.41) is 0. The number of hydrogen-bond donors (Lipinski definition) is 1. The van der Waals surface area contributed by atoms with E-state index in [0.29, 0.717) is 17.9 Å². The molecule has 1 aromatic heterocycles. The number of sulfonamides is 1. The molecule has 0 aliphatic carbocycles. The maximum atomic E-state index is 14.2. The number of hydrogen-bond acceptors (Lipinski definition) is 3. The predicted octanol–water partition coefficient (Wildman–Crippen LogP) is 4.23. The van der Waals surface area contributed by atoms with Gasteiger partial charge in [0.25, 0.3) is 0 Å². The number of nitrogens with zero attached hydrogens (tertiary/aromatic N) is 2. The highest BCUT2D eigenvalue weighted by Crippen LogP contribution is 2.33. The van der Waals surface area contributed by atoms with Crippen LogP contribution in [0, 0.1) is 18.6 Å². The summed E-state index contributed by atoms with van der Waals surface area (Å²) < 4.78 is 53.2. The summed E-state index contributed by atoms with van der Waals surface area (Å²) in [5.74, 6) is -1.18. The number of aryl methyl sites for hydroxylation is 1. The van der Waals surface area contributed by atoms with E-state index in [-0.39, 0.29) is 5.56 Å². The fourth-order valence-electron chi connectivity index (χ4n) is 3.91. The number of fused-ring (bicyclic) bond motifs is 1. The molecule has 0 atom stereocenters. The third-order valence-corrected chi connectivity index (χ3v) is 6.80. The molecule has 2 heterocycles. The summed E-state index contributed by atoms with van der Waals surface area (Å²) in [5.41, 5.74) is 4.96. The SMILES string of the molecule is Cc1cc(N(C)S(C)(=O)=O)ccc1N1CCc2[nH]c(-c3c(F)cccc3F)cc2C1. The predicted molar refractivity (Wildman–Crippen MR) is 115 cm³/mol. The Labute approximate surface area is 175 Å². The van der Waals surface area contributed by atoms with E-state index in [1.807, 2.05) is 25.1 Å². The van der Waals surface area contributed by atoms with Crippen LogP contribution in [0.4, 0.5) is 20.2 Å². The van der Waals surface area contributed by atoms with Gasteiger partial charge in [-0.1, -0.05) is 6.07 Å². The second kappa shape index (κ2) is 7.43. The molecule has 0 fully saturated rings. The Morgan fingerprint density at radius 2 is 1.80 bits per heavy atom. The van der Waals surface area contributed by atoms with E-state index < -0.39 is 21.7 Å². The first kappa shape index (κ1) is 20.4. The van der Waals surface area contributed by atoms with E-state index in [1.165, 1.54) is 35.8 Å². The smallest absolute Gasteiger partial charge is 0.231 e. The van der Waals surface area contributed by atoms with Crippen molar-refractivity contribution in [2.45, 2.75) is 19.9 Å². The second-order valence-electron chi connectivity index (χ2n) is 7.66. The van der Waals surface area contributed by atoms with E-state index in [9.17, 15) is 17.2 Å². The normalized spacial score (nSPS) is 14.0. The molecule has 5 nitrogen and oxygen atoms in total. The molecule has 3 aromatic rings. The van der Waals surface area contributed by atoms with Crippen molar-refractivity contribution < 1.29 is 17.2 Å². The van der Waals surface area contributed by atoms with Gasteiger partial charge >= 0.3 is 0 Å². The lowest BCUT2D eigenvalue weighted by molar-refractivity contribution is 0.588. The molecule has 1 aliphatic rings. The Bertz CT molecular complexity index is 1200. The Morgan fingerprint density at radius 3 is 2.43 bits per heavy atom. The van der Waals surface area contributed by atoms with Crippen LogP contribution in [-0.2, 0) is 23.0 Å². The summed E-state index contributed by atoms with van der Waals surface area (Å²) in [4.78, 5) is 5.37. The lowest BCUT2D eigenvalue weighted by Gasteiger charge is -2.31. The number of nitrogens with one attached hydrogen (secondary N) is 1. The summed E-state index contributed by atoms with van der Waals surface area (Å²) in [6, 6.07) is 11.2. The van der Waals surface area contributed by atoms with Gasteiger partial charge in [0.15, 0.2) is 0 Å². The molecule has 0 radical (unpaired) electrons. The minimum atomic E-state index is -3.33. The Kier molecular flexibility index (Phi) is 5.05. The van der Waals surface area contributed by atoms with Crippen molar-refractivity contribution in [3.63, 3.8) is 0 Å². The third kappa shape index (κ3) is 3.67. The van der Waals surface area contributed by atoms with Crippen LogP contribution in [0.15, 0.2) is 42.5 Å². The third-order valence-electron chi connectivity index (χ3n) is 5.60. The first-order valence-electron chi connectivity index (χ1n) is 9.60. The number of rotatable bonds is 4. The molecule has 8 heteroatoms. The van der Waals surface area contributed by atoms with Gasteiger partial charge in [-0.15, -0.1) is 0 Å². The van der Waals surface area contributed by atoms with Crippen LogP contribution in [0.1, 0.15) is 16.8 Å². The second-order valence-corrected chi connectivity index (χ2v) is 9.67. The Morgan fingerprint density at radius 1 is 1.10 bits per heavy atom. The van der Waals surface area contributed by atoms with Crippen molar-refractivity contribution in [1.82, 2.24) is 4.98 Å². The van der Waals surface area contributed by atoms with Crippen LogP contribution in [0.25, 0.3) is 11.3 Å². The van der Waals surface area contributed by atoms with Gasteiger partial charge in [-0.05, 0) is 54.4 Å². The molecule has 158 valence electrons. The van der Waals surface area contributed by atoms with E-state index in [1.54, 1.807) is 6.07 Å². The summed E-state index contributed by atoms with van der Waals surface area (Å²) in [7, 11) is -1.80. The van der Waals surface area contributed by atoms with Crippen molar-refractivity contribution >= 4 is 21.4 Å². The van der Waals surface area contributed by atoms with E-state index >= 15 is 0 Å². The zero-order valence-corrected chi connectivity index (χ0v) is 17.9. The number of aromatic nitrogens is 1. The van der Waals surface area contributed by atoms with Gasteiger partial charge in [0.1, 0.15) is 11.6 Å². The van der Waals surface area contributed by atoms with Gasteiger partial charge in [0, 0.05) is 37.9 Å². The van der Waals surface area contributed by atoms with Crippen molar-refractivity contribution in [1.29, 1.82) is 0 Å². The number of benzene rings is 2. The van der Waals surface area contributed by atoms with E-state index in [4.69, 9.17) is 0 Å². The first-order valence-corrected chi connectivity index (χ1v) is 11.4.